The van der Waals surface area contributed by atoms with Crippen molar-refractivity contribution in [2.75, 3.05) is 0 Å². The Balaban J connectivity index is 1.61. The molecule has 3 nitrogen and oxygen atoms in total. The van der Waals surface area contributed by atoms with Gasteiger partial charge in [-0.25, -0.2) is 0 Å². The number of aliphatic hydroxyl groups excluding tert-OH is 1. The molecule has 1 unspecified atom stereocenters. The molecule has 0 radical (unpaired) electrons. The Bertz CT molecular complexity index is 781. The Morgan fingerprint density at radius 3 is 2.65 bits per heavy atom. The van der Waals surface area contributed by atoms with Crippen LogP contribution in [0.4, 0.5) is 0 Å². The summed E-state index contributed by atoms with van der Waals surface area (Å²) >= 11 is 6.43. The van der Waals surface area contributed by atoms with E-state index in [1.54, 1.807) is 23.5 Å². The Hall–Kier alpha value is -1.47. The van der Waals surface area contributed by atoms with E-state index < -0.39 is 6.10 Å². The number of rotatable bonds is 5. The summed E-state index contributed by atoms with van der Waals surface area (Å²) in [6, 6.07) is 13.0. The second-order valence-corrected chi connectivity index (χ2v) is 7.85. The molecule has 0 aliphatic carbocycles. The van der Waals surface area contributed by atoms with Crippen LogP contribution in [-0.4, -0.2) is 11.0 Å². The molecule has 2 heterocycles. The van der Waals surface area contributed by atoms with E-state index in [1.165, 1.54) is 11.3 Å². The van der Waals surface area contributed by atoms with Gasteiger partial charge in [-0.1, -0.05) is 15.9 Å². The number of benzene rings is 1. The van der Waals surface area contributed by atoms with Crippen molar-refractivity contribution in [3.8, 4) is 0 Å². The number of nitrogens with one attached hydrogen (secondary N) is 1. The lowest BCUT2D eigenvalue weighted by atomic mass is 10.2. The highest BCUT2D eigenvalue weighted by molar-refractivity contribution is 9.10. The third-order valence-corrected chi connectivity index (χ3v) is 5.71. The smallest absolute Gasteiger partial charge is 0.251 e. The molecule has 2 N–H and O–H groups in total. The monoisotopic (exact) mass is 407 g/mol. The van der Waals surface area contributed by atoms with Gasteiger partial charge >= 0.3 is 0 Å². The molecule has 2 aromatic heterocycles. The number of thiophene rings is 2. The first-order valence-corrected chi connectivity index (χ1v) is 9.51. The lowest BCUT2D eigenvalue weighted by Gasteiger charge is -2.06. The standard InChI is InChI=1S/C17H14BrNO2S2/c18-13-3-1-11(2-4-13)17(21)19-9-14-5-6-15(23-14)16(20)12-7-8-22-10-12/h1-8,10,16,20H,9H2,(H,19,21). The zero-order valence-corrected chi connectivity index (χ0v) is 15.2. The minimum atomic E-state index is -0.595. The second kappa shape index (κ2) is 7.40. The topological polar surface area (TPSA) is 49.3 Å². The van der Waals surface area contributed by atoms with Gasteiger partial charge in [-0.2, -0.15) is 11.3 Å². The summed E-state index contributed by atoms with van der Waals surface area (Å²) in [6.45, 7) is 0.454. The maximum absolute atomic E-state index is 12.1. The molecule has 3 aromatic rings. The van der Waals surface area contributed by atoms with Crippen LogP contribution in [0.5, 0.6) is 0 Å². The van der Waals surface area contributed by atoms with Crippen LogP contribution in [0.2, 0.25) is 0 Å². The van der Waals surface area contributed by atoms with Crippen molar-refractivity contribution in [3.05, 3.63) is 78.6 Å². The predicted molar refractivity (Wildman–Crippen MR) is 98.0 cm³/mol. The van der Waals surface area contributed by atoms with Crippen LogP contribution < -0.4 is 5.32 Å². The van der Waals surface area contributed by atoms with E-state index in [-0.39, 0.29) is 5.91 Å². The van der Waals surface area contributed by atoms with Crippen LogP contribution in [0.15, 0.2) is 57.7 Å². The van der Waals surface area contributed by atoms with Crippen LogP contribution >= 0.6 is 38.6 Å². The van der Waals surface area contributed by atoms with E-state index in [4.69, 9.17) is 0 Å². The van der Waals surface area contributed by atoms with Gasteiger partial charge in [0.15, 0.2) is 0 Å². The summed E-state index contributed by atoms with van der Waals surface area (Å²) in [7, 11) is 0. The molecular weight excluding hydrogens is 394 g/mol. The molecule has 23 heavy (non-hydrogen) atoms. The summed E-state index contributed by atoms with van der Waals surface area (Å²) in [6.07, 6.45) is -0.595. The van der Waals surface area contributed by atoms with Crippen molar-refractivity contribution in [1.29, 1.82) is 0 Å². The number of aliphatic hydroxyl groups is 1. The van der Waals surface area contributed by atoms with Crippen molar-refractivity contribution in [3.63, 3.8) is 0 Å². The summed E-state index contributed by atoms with van der Waals surface area (Å²) in [5.41, 5.74) is 1.53. The van der Waals surface area contributed by atoms with Gasteiger partial charge in [0.2, 0.25) is 0 Å². The Kier molecular flexibility index (Phi) is 5.27. The van der Waals surface area contributed by atoms with Gasteiger partial charge in [0, 0.05) is 19.8 Å². The first-order chi connectivity index (χ1) is 11.1. The highest BCUT2D eigenvalue weighted by Gasteiger charge is 2.14. The van der Waals surface area contributed by atoms with Crippen LogP contribution in [0.1, 0.15) is 31.8 Å². The number of carbonyl (C=O) groups is 1. The second-order valence-electron chi connectivity index (χ2n) is 4.95. The zero-order chi connectivity index (χ0) is 16.2. The normalized spacial score (nSPS) is 12.1. The molecule has 0 aliphatic heterocycles. The van der Waals surface area contributed by atoms with Crippen LogP contribution in [0, 0.1) is 0 Å². The van der Waals surface area contributed by atoms with Crippen LogP contribution in [-0.2, 0) is 6.54 Å². The van der Waals surface area contributed by atoms with E-state index in [2.05, 4.69) is 21.2 Å². The van der Waals surface area contributed by atoms with E-state index in [0.29, 0.717) is 12.1 Å². The summed E-state index contributed by atoms with van der Waals surface area (Å²) < 4.78 is 0.944. The van der Waals surface area contributed by atoms with Gasteiger partial charge in [0.25, 0.3) is 5.91 Å². The van der Waals surface area contributed by atoms with E-state index in [0.717, 1.165) is 19.8 Å². The molecule has 3 rings (SSSR count). The summed E-state index contributed by atoms with van der Waals surface area (Å²) in [4.78, 5) is 14.0. The number of hydrogen-bond donors (Lipinski definition) is 2. The van der Waals surface area contributed by atoms with E-state index in [9.17, 15) is 9.90 Å². The molecule has 0 saturated heterocycles. The summed E-state index contributed by atoms with van der Waals surface area (Å²) in [5.74, 6) is -0.106. The fourth-order valence-electron chi connectivity index (χ4n) is 2.10. The van der Waals surface area contributed by atoms with Crippen molar-refractivity contribution >= 4 is 44.5 Å². The molecule has 0 bridgehead atoms. The van der Waals surface area contributed by atoms with Gasteiger partial charge in [0.05, 0.1) is 6.54 Å². The van der Waals surface area contributed by atoms with E-state index >= 15 is 0 Å². The molecule has 0 saturated carbocycles. The average Bonchev–Trinajstić information content (AvgIpc) is 3.24. The molecule has 1 atom stereocenters. The predicted octanol–water partition coefficient (Wildman–Crippen LogP) is 4.58. The fraction of sp³-hybridized carbons (Fsp3) is 0.118. The SMILES string of the molecule is O=C(NCc1ccc(C(O)c2ccsc2)s1)c1ccc(Br)cc1. The van der Waals surface area contributed by atoms with Crippen molar-refractivity contribution in [1.82, 2.24) is 5.32 Å². The first-order valence-electron chi connectivity index (χ1n) is 6.96. The Morgan fingerprint density at radius 1 is 1.17 bits per heavy atom. The van der Waals surface area contributed by atoms with Crippen LogP contribution in [0.3, 0.4) is 0 Å². The summed E-state index contributed by atoms with van der Waals surface area (Å²) in [5, 5.41) is 17.1. The minimum Gasteiger partial charge on any atom is -0.383 e. The third kappa shape index (κ3) is 4.09. The highest BCUT2D eigenvalue weighted by atomic mass is 79.9. The number of amides is 1. The first kappa shape index (κ1) is 16.4. The molecular formula is C17H14BrNO2S2. The number of halogens is 1. The van der Waals surface area contributed by atoms with Crippen molar-refractivity contribution < 1.29 is 9.90 Å². The highest BCUT2D eigenvalue weighted by Crippen LogP contribution is 2.29. The van der Waals surface area contributed by atoms with Gasteiger partial charge in [-0.3, -0.25) is 4.79 Å². The molecule has 0 fully saturated rings. The van der Waals surface area contributed by atoms with Crippen molar-refractivity contribution in [2.24, 2.45) is 0 Å². The van der Waals surface area contributed by atoms with E-state index in [1.807, 2.05) is 41.1 Å². The van der Waals surface area contributed by atoms with Gasteiger partial charge in [0.1, 0.15) is 6.10 Å². The van der Waals surface area contributed by atoms with Gasteiger partial charge in [-0.05, 0) is 58.8 Å². The fourth-order valence-corrected chi connectivity index (χ4v) is 4.01. The molecule has 0 aliphatic rings. The molecule has 1 aromatic carbocycles. The number of hydrogen-bond acceptors (Lipinski definition) is 4. The molecule has 0 spiro atoms. The number of carbonyl (C=O) groups excluding carboxylic acids is 1. The average molecular weight is 408 g/mol. The Labute approximate surface area is 150 Å². The largest absolute Gasteiger partial charge is 0.383 e. The quantitative estimate of drug-likeness (QED) is 0.649. The maximum atomic E-state index is 12.1. The van der Waals surface area contributed by atoms with Crippen molar-refractivity contribution in [2.45, 2.75) is 12.6 Å². The van der Waals surface area contributed by atoms with Gasteiger partial charge in [-0.15, -0.1) is 11.3 Å². The zero-order valence-electron chi connectivity index (χ0n) is 12.0. The lowest BCUT2D eigenvalue weighted by Crippen LogP contribution is -2.22. The molecule has 1 amide bonds. The lowest BCUT2D eigenvalue weighted by molar-refractivity contribution is 0.0951. The minimum absolute atomic E-state index is 0.106. The molecule has 6 heteroatoms. The maximum Gasteiger partial charge on any atom is 0.251 e. The van der Waals surface area contributed by atoms with Crippen LogP contribution in [0.25, 0.3) is 0 Å². The third-order valence-electron chi connectivity index (χ3n) is 3.34. The Morgan fingerprint density at radius 2 is 1.96 bits per heavy atom. The van der Waals surface area contributed by atoms with Gasteiger partial charge < -0.3 is 10.4 Å². The molecule has 118 valence electrons.